The van der Waals surface area contributed by atoms with Crippen LogP contribution in [-0.2, 0) is 4.79 Å². The van der Waals surface area contributed by atoms with E-state index in [0.29, 0.717) is 6.04 Å². The Kier molecular flexibility index (Phi) is 7.78. The fourth-order valence-corrected chi connectivity index (χ4v) is 4.79. The Bertz CT molecular complexity index is 615. The summed E-state index contributed by atoms with van der Waals surface area (Å²) in [5.74, 6) is 1.26. The van der Waals surface area contributed by atoms with Gasteiger partial charge in [0.2, 0.25) is 5.91 Å². The normalized spacial score (nSPS) is 25.3. The van der Waals surface area contributed by atoms with Gasteiger partial charge in [-0.05, 0) is 76.4 Å². The molecule has 1 amide bonds. The highest BCUT2D eigenvalue weighted by molar-refractivity contribution is 5.92. The number of carbonyl (C=O) groups excluding carboxylic acids is 1. The number of hydrogen-bond acceptors (Lipinski definition) is 3. The third-order valence-corrected chi connectivity index (χ3v) is 6.83. The van der Waals surface area contributed by atoms with E-state index in [9.17, 15) is 4.79 Å². The predicted molar refractivity (Wildman–Crippen MR) is 123 cm³/mol. The number of benzene rings is 1. The van der Waals surface area contributed by atoms with Gasteiger partial charge in [0, 0.05) is 39.3 Å². The molecule has 1 aromatic rings. The van der Waals surface area contributed by atoms with E-state index in [4.69, 9.17) is 0 Å². The quantitative estimate of drug-likeness (QED) is 0.584. The zero-order valence-electron chi connectivity index (χ0n) is 18.1. The zero-order chi connectivity index (χ0) is 19.9. The Hall–Kier alpha value is -1.55. The van der Waals surface area contributed by atoms with Crippen molar-refractivity contribution in [1.82, 2.24) is 4.90 Å². The molecular formula is C24H43N3O. The van der Waals surface area contributed by atoms with Gasteiger partial charge < -0.3 is 15.1 Å². The molecular weight excluding hydrogens is 346 g/mol. The fraction of sp³-hybridized carbons (Fsp3) is 0.708. The van der Waals surface area contributed by atoms with E-state index >= 15 is 0 Å². The van der Waals surface area contributed by atoms with Gasteiger partial charge in [0.05, 0.1) is 0 Å². The Morgan fingerprint density at radius 1 is 1.11 bits per heavy atom. The number of amides is 1. The van der Waals surface area contributed by atoms with Crippen molar-refractivity contribution in [2.45, 2.75) is 70.8 Å². The molecule has 4 nitrogen and oxygen atoms in total. The van der Waals surface area contributed by atoms with Crippen molar-refractivity contribution < 1.29 is 7.65 Å². The first-order valence-corrected chi connectivity index (χ1v) is 11.4. The second-order valence-corrected chi connectivity index (χ2v) is 9.10. The maximum atomic E-state index is 12.7. The number of nitrogens with one attached hydrogen (secondary N) is 1. The average Bonchev–Trinajstić information content (AvgIpc) is 3.20. The highest BCUT2D eigenvalue weighted by atomic mass is 16.1. The smallest absolute Gasteiger partial charge is 0.227 e. The molecule has 0 radical (unpaired) electrons. The van der Waals surface area contributed by atoms with E-state index in [-0.39, 0.29) is 14.7 Å². The Morgan fingerprint density at radius 2 is 1.82 bits per heavy atom. The van der Waals surface area contributed by atoms with Crippen LogP contribution in [0, 0.1) is 11.8 Å². The first kappa shape index (κ1) is 21.2. The van der Waals surface area contributed by atoms with Crippen molar-refractivity contribution in [1.29, 1.82) is 0 Å². The first-order chi connectivity index (χ1) is 13.6. The van der Waals surface area contributed by atoms with Gasteiger partial charge in [-0.1, -0.05) is 32.6 Å². The molecule has 1 unspecified atom stereocenters. The highest BCUT2D eigenvalue weighted by Gasteiger charge is 2.26. The molecule has 1 saturated carbocycles. The number of likely N-dealkylation sites (N-methyl/N-ethyl adjacent to an activating group) is 1. The largest absolute Gasteiger partial charge is 0.370 e. The van der Waals surface area contributed by atoms with Gasteiger partial charge in [0.25, 0.3) is 0 Å². The molecule has 1 saturated heterocycles. The highest BCUT2D eigenvalue weighted by Crippen LogP contribution is 2.33. The summed E-state index contributed by atoms with van der Waals surface area (Å²) >= 11 is 0. The minimum absolute atomic E-state index is 0. The van der Waals surface area contributed by atoms with Crippen molar-refractivity contribution >= 4 is 17.3 Å². The van der Waals surface area contributed by atoms with E-state index in [1.165, 1.54) is 50.6 Å². The minimum Gasteiger partial charge on any atom is -0.370 e. The van der Waals surface area contributed by atoms with E-state index < -0.39 is 0 Å². The van der Waals surface area contributed by atoms with Gasteiger partial charge in [-0.15, -0.1) is 0 Å². The lowest BCUT2D eigenvalue weighted by Crippen LogP contribution is -2.31. The summed E-state index contributed by atoms with van der Waals surface area (Å²) < 4.78 is 0. The molecule has 1 atom stereocenters. The van der Waals surface area contributed by atoms with Crippen LogP contribution in [-0.4, -0.2) is 44.0 Å². The van der Waals surface area contributed by atoms with Gasteiger partial charge in [-0.2, -0.15) is 0 Å². The van der Waals surface area contributed by atoms with Crippen LogP contribution in [0.1, 0.15) is 67.6 Å². The Balaban J connectivity index is 0.00000225. The molecule has 4 heteroatoms. The van der Waals surface area contributed by atoms with Gasteiger partial charge in [0.15, 0.2) is 0 Å². The van der Waals surface area contributed by atoms with Crippen LogP contribution in [0.5, 0.6) is 0 Å². The third kappa shape index (κ3) is 5.73. The molecule has 160 valence electrons. The summed E-state index contributed by atoms with van der Waals surface area (Å²) in [6.45, 7) is 4.45. The maximum Gasteiger partial charge on any atom is 0.227 e. The number of nitrogens with zero attached hydrogens (tertiary/aromatic N) is 2. The molecule has 0 spiro atoms. The summed E-state index contributed by atoms with van der Waals surface area (Å²) in [5.41, 5.74) is 2.19. The number of anilines is 2. The standard InChI is InChI=1S/C24H39N3O.2H2/c1-4-5-6-7-19-8-10-20(11-9-19)24(28)25-21-12-14-22(15-13-21)27-17-16-23(18-27)26(2)3;;/h12-15,19-20,23H,4-11,16-18H2,1-3H3,(H,25,28);2*1H. The predicted octanol–water partition coefficient (Wildman–Crippen LogP) is 5.64. The van der Waals surface area contributed by atoms with Crippen molar-refractivity contribution in [2.24, 2.45) is 11.8 Å². The van der Waals surface area contributed by atoms with Gasteiger partial charge in [-0.25, -0.2) is 0 Å². The van der Waals surface area contributed by atoms with Crippen molar-refractivity contribution in [3.63, 3.8) is 0 Å². The summed E-state index contributed by atoms with van der Waals surface area (Å²) in [7, 11) is 4.32. The summed E-state index contributed by atoms with van der Waals surface area (Å²) in [6.07, 6.45) is 11.1. The van der Waals surface area contributed by atoms with Crippen molar-refractivity contribution in [2.75, 3.05) is 37.4 Å². The van der Waals surface area contributed by atoms with Gasteiger partial charge >= 0.3 is 0 Å². The average molecular weight is 390 g/mol. The molecule has 1 aliphatic carbocycles. The van der Waals surface area contributed by atoms with Gasteiger partial charge in [0.1, 0.15) is 0 Å². The number of unbranched alkanes of at least 4 members (excludes halogenated alkanes) is 2. The van der Waals surface area contributed by atoms with Crippen LogP contribution in [0.2, 0.25) is 0 Å². The van der Waals surface area contributed by atoms with Crippen molar-refractivity contribution in [3.8, 4) is 0 Å². The number of rotatable bonds is 8. The van der Waals surface area contributed by atoms with Crippen LogP contribution in [0.25, 0.3) is 0 Å². The van der Waals surface area contributed by atoms with E-state index in [1.807, 2.05) is 0 Å². The van der Waals surface area contributed by atoms with E-state index in [2.05, 4.69) is 60.4 Å². The zero-order valence-corrected chi connectivity index (χ0v) is 18.1. The van der Waals surface area contributed by atoms with Crippen LogP contribution < -0.4 is 10.2 Å². The van der Waals surface area contributed by atoms with Crippen molar-refractivity contribution in [3.05, 3.63) is 24.3 Å². The van der Waals surface area contributed by atoms with E-state index in [1.54, 1.807) is 0 Å². The van der Waals surface area contributed by atoms with Crippen LogP contribution >= 0.6 is 0 Å². The molecule has 0 bridgehead atoms. The van der Waals surface area contributed by atoms with Crippen LogP contribution in [0.3, 0.4) is 0 Å². The SMILES string of the molecule is CCCCCC1CCC(C(=O)Nc2ccc(N3CCC(N(C)C)C3)cc2)CC1.[HH].[HH]. The molecule has 1 aliphatic heterocycles. The summed E-state index contributed by atoms with van der Waals surface area (Å²) in [6, 6.07) is 9.06. The second-order valence-electron chi connectivity index (χ2n) is 9.10. The minimum atomic E-state index is 0. The third-order valence-electron chi connectivity index (χ3n) is 6.83. The van der Waals surface area contributed by atoms with Gasteiger partial charge in [-0.3, -0.25) is 4.79 Å². The number of hydrogen-bond donors (Lipinski definition) is 1. The van der Waals surface area contributed by atoms with Crippen LogP contribution in [0.4, 0.5) is 11.4 Å². The lowest BCUT2D eigenvalue weighted by atomic mass is 9.79. The maximum absolute atomic E-state index is 12.7. The molecule has 1 aromatic carbocycles. The fourth-order valence-electron chi connectivity index (χ4n) is 4.79. The lowest BCUT2D eigenvalue weighted by Gasteiger charge is -2.28. The van der Waals surface area contributed by atoms with Crippen LogP contribution in [0.15, 0.2) is 24.3 Å². The molecule has 2 aliphatic rings. The Labute approximate surface area is 174 Å². The molecule has 1 N–H and O–H groups in total. The number of carbonyl (C=O) groups is 1. The van der Waals surface area contributed by atoms with E-state index in [0.717, 1.165) is 37.5 Å². The molecule has 0 aromatic heterocycles. The molecule has 1 heterocycles. The lowest BCUT2D eigenvalue weighted by molar-refractivity contribution is -0.121. The summed E-state index contributed by atoms with van der Waals surface area (Å²) in [5, 5.41) is 3.16. The second kappa shape index (κ2) is 10.3. The Morgan fingerprint density at radius 3 is 2.43 bits per heavy atom. The molecule has 3 rings (SSSR count). The summed E-state index contributed by atoms with van der Waals surface area (Å²) in [4.78, 5) is 17.4. The molecule has 2 fully saturated rings. The molecule has 28 heavy (non-hydrogen) atoms. The first-order valence-electron chi connectivity index (χ1n) is 11.4. The topological polar surface area (TPSA) is 35.6 Å². The monoisotopic (exact) mass is 389 g/mol.